The normalized spacial score (nSPS) is 17.3. The smallest absolute Gasteiger partial charge is 0.180 e. The molecule has 7 heteroatoms. The van der Waals surface area contributed by atoms with Crippen LogP contribution in [0.4, 0.5) is 0 Å². The lowest BCUT2D eigenvalue weighted by Gasteiger charge is -2.32. The Kier molecular flexibility index (Phi) is 5.48. The van der Waals surface area contributed by atoms with Crippen LogP contribution in [0.3, 0.4) is 0 Å². The van der Waals surface area contributed by atoms with Gasteiger partial charge in [0, 0.05) is 48.0 Å². The highest BCUT2D eigenvalue weighted by Gasteiger charge is 2.25. The predicted molar refractivity (Wildman–Crippen MR) is 122 cm³/mol. The fourth-order valence-electron chi connectivity index (χ4n) is 4.23. The first kappa shape index (κ1) is 20.2. The van der Waals surface area contributed by atoms with Crippen LogP contribution < -0.4 is 0 Å². The molecule has 1 fully saturated rings. The summed E-state index contributed by atoms with van der Waals surface area (Å²) in [5.74, 6) is 1.61. The van der Waals surface area contributed by atoms with E-state index in [2.05, 4.69) is 70.2 Å². The Bertz CT molecular complexity index is 1180. The molecule has 1 aliphatic heterocycles. The Balaban J connectivity index is 1.35. The van der Waals surface area contributed by atoms with E-state index in [-0.39, 0.29) is 6.10 Å². The van der Waals surface area contributed by atoms with Gasteiger partial charge in [-0.05, 0) is 32.4 Å². The van der Waals surface area contributed by atoms with E-state index in [1.54, 1.807) is 11.3 Å². The molecule has 4 heterocycles. The van der Waals surface area contributed by atoms with Gasteiger partial charge in [-0.25, -0.2) is 4.98 Å². The van der Waals surface area contributed by atoms with Crippen molar-refractivity contribution in [1.29, 1.82) is 0 Å². The molecule has 0 aliphatic carbocycles. The van der Waals surface area contributed by atoms with Gasteiger partial charge in [0.1, 0.15) is 16.9 Å². The van der Waals surface area contributed by atoms with Crippen molar-refractivity contribution in [2.24, 2.45) is 0 Å². The van der Waals surface area contributed by atoms with E-state index in [9.17, 15) is 0 Å². The third kappa shape index (κ3) is 4.08. The molecule has 1 unspecified atom stereocenters. The van der Waals surface area contributed by atoms with Crippen molar-refractivity contribution in [3.8, 4) is 17.1 Å². The molecule has 0 bridgehead atoms. The zero-order valence-corrected chi connectivity index (χ0v) is 18.9. The summed E-state index contributed by atoms with van der Waals surface area (Å²) in [5, 5.41) is 7.35. The van der Waals surface area contributed by atoms with Crippen molar-refractivity contribution in [3.63, 3.8) is 0 Å². The van der Waals surface area contributed by atoms with Crippen molar-refractivity contribution < 1.29 is 9.26 Å². The number of nitrogens with zero attached hydrogens (tertiary/aromatic N) is 4. The molecule has 1 aliphatic rings. The van der Waals surface area contributed by atoms with Crippen LogP contribution in [0.5, 0.6) is 0 Å². The van der Waals surface area contributed by atoms with Gasteiger partial charge in [0.2, 0.25) is 0 Å². The molecule has 0 saturated carbocycles. The molecule has 1 atom stereocenters. The summed E-state index contributed by atoms with van der Waals surface area (Å²) >= 11 is 1.68. The number of benzene rings is 1. The molecule has 0 N–H and O–H groups in total. The number of thiazole rings is 1. The Hall–Kier alpha value is -2.74. The highest BCUT2D eigenvalue weighted by molar-refractivity contribution is 7.10. The van der Waals surface area contributed by atoms with E-state index >= 15 is 0 Å². The van der Waals surface area contributed by atoms with Crippen molar-refractivity contribution in [1.82, 2.24) is 19.6 Å². The Morgan fingerprint density at radius 3 is 2.74 bits per heavy atom. The fraction of sp³-hybridized carbons (Fsp3) is 0.333. The number of hydrogen-bond donors (Lipinski definition) is 0. The highest BCUT2D eigenvalue weighted by Crippen LogP contribution is 2.33. The molecule has 0 radical (unpaired) electrons. The minimum Gasteiger partial charge on any atom is -0.368 e. The molecule has 0 amide bonds. The average molecular weight is 435 g/mol. The number of hydrogen-bond acceptors (Lipinski definition) is 6. The zero-order valence-electron chi connectivity index (χ0n) is 18.0. The van der Waals surface area contributed by atoms with Gasteiger partial charge in [-0.1, -0.05) is 35.5 Å². The lowest BCUT2D eigenvalue weighted by molar-refractivity contribution is -0.0329. The van der Waals surface area contributed by atoms with E-state index in [1.807, 2.05) is 13.0 Å². The van der Waals surface area contributed by atoms with Crippen LogP contribution in [0.25, 0.3) is 17.1 Å². The van der Waals surface area contributed by atoms with Gasteiger partial charge in [0.05, 0.1) is 12.3 Å². The van der Waals surface area contributed by atoms with Crippen molar-refractivity contribution in [2.75, 3.05) is 19.7 Å². The summed E-state index contributed by atoms with van der Waals surface area (Å²) in [4.78, 5) is 7.42. The summed E-state index contributed by atoms with van der Waals surface area (Å²) in [7, 11) is 0. The Morgan fingerprint density at radius 2 is 1.97 bits per heavy atom. The van der Waals surface area contributed by atoms with Crippen LogP contribution in [0.15, 0.2) is 52.4 Å². The first-order chi connectivity index (χ1) is 15.1. The van der Waals surface area contributed by atoms with Gasteiger partial charge in [0.25, 0.3) is 0 Å². The van der Waals surface area contributed by atoms with Crippen LogP contribution in [0.1, 0.15) is 33.8 Å². The Morgan fingerprint density at radius 1 is 1.13 bits per heavy atom. The van der Waals surface area contributed by atoms with Gasteiger partial charge in [0.15, 0.2) is 5.82 Å². The molecule has 31 heavy (non-hydrogen) atoms. The minimum atomic E-state index is 0.0119. The maximum Gasteiger partial charge on any atom is 0.180 e. The largest absolute Gasteiger partial charge is 0.368 e. The quantitative estimate of drug-likeness (QED) is 0.438. The number of morpholine rings is 1. The number of aryl methyl sites for hydroxylation is 2. The average Bonchev–Trinajstić information content (AvgIpc) is 3.48. The summed E-state index contributed by atoms with van der Waals surface area (Å²) in [6.45, 7) is 9.57. The third-order valence-electron chi connectivity index (χ3n) is 5.75. The van der Waals surface area contributed by atoms with Gasteiger partial charge in [-0.2, -0.15) is 0 Å². The van der Waals surface area contributed by atoms with Crippen LogP contribution in [0.2, 0.25) is 0 Å². The lowest BCUT2D eigenvalue weighted by Crippen LogP contribution is -2.37. The van der Waals surface area contributed by atoms with E-state index in [1.165, 1.54) is 5.56 Å². The van der Waals surface area contributed by atoms with Crippen LogP contribution >= 0.6 is 11.3 Å². The van der Waals surface area contributed by atoms with E-state index < -0.39 is 0 Å². The molecular formula is C24H26N4O2S. The van der Waals surface area contributed by atoms with Crippen LogP contribution in [0, 0.1) is 20.8 Å². The molecule has 1 aromatic carbocycles. The van der Waals surface area contributed by atoms with Crippen LogP contribution in [-0.2, 0) is 11.3 Å². The molecule has 3 aromatic heterocycles. The molecular weight excluding hydrogens is 408 g/mol. The molecule has 6 nitrogen and oxygen atoms in total. The van der Waals surface area contributed by atoms with E-state index in [4.69, 9.17) is 14.2 Å². The summed E-state index contributed by atoms with van der Waals surface area (Å²) in [6, 6.07) is 14.7. The van der Waals surface area contributed by atoms with Gasteiger partial charge in [-0.15, -0.1) is 11.3 Å². The van der Waals surface area contributed by atoms with Crippen molar-refractivity contribution in [3.05, 3.63) is 75.6 Å². The van der Waals surface area contributed by atoms with E-state index in [0.717, 1.165) is 65.5 Å². The van der Waals surface area contributed by atoms with Crippen LogP contribution in [-0.4, -0.2) is 39.3 Å². The van der Waals surface area contributed by atoms with Gasteiger partial charge >= 0.3 is 0 Å². The van der Waals surface area contributed by atoms with Crippen molar-refractivity contribution in [2.45, 2.75) is 33.4 Å². The zero-order chi connectivity index (χ0) is 21.4. The van der Waals surface area contributed by atoms with E-state index in [0.29, 0.717) is 0 Å². The molecule has 5 rings (SSSR count). The lowest BCUT2D eigenvalue weighted by atomic mass is 10.2. The SMILES string of the molecule is Cc1cc(-n2c(C)cc(-c3csc(C4CN(Cc5ccccc5)CCO4)n3)c2C)no1. The minimum absolute atomic E-state index is 0.0119. The highest BCUT2D eigenvalue weighted by atomic mass is 32.1. The standard InChI is InChI=1S/C24H26N4O2S/c1-16-11-20(18(3)28(16)23-12-17(2)30-26-23)21-15-31-24(25-21)22-14-27(9-10-29-22)13-19-7-5-4-6-8-19/h4-8,11-12,15,22H,9-10,13-14H2,1-3H3. The maximum absolute atomic E-state index is 6.09. The van der Waals surface area contributed by atoms with Crippen molar-refractivity contribution >= 4 is 11.3 Å². The summed E-state index contributed by atoms with van der Waals surface area (Å²) in [6.07, 6.45) is 0.0119. The topological polar surface area (TPSA) is 56.3 Å². The second-order valence-electron chi connectivity index (χ2n) is 8.07. The number of aromatic nitrogens is 3. The molecule has 160 valence electrons. The second-order valence-corrected chi connectivity index (χ2v) is 8.96. The molecule has 4 aromatic rings. The number of ether oxygens (including phenoxy) is 1. The molecule has 0 spiro atoms. The van der Waals surface area contributed by atoms with Gasteiger partial charge < -0.3 is 9.26 Å². The fourth-order valence-corrected chi connectivity index (χ4v) is 5.09. The molecule has 1 saturated heterocycles. The first-order valence-electron chi connectivity index (χ1n) is 10.5. The monoisotopic (exact) mass is 434 g/mol. The first-order valence-corrected chi connectivity index (χ1v) is 11.4. The maximum atomic E-state index is 6.09. The number of rotatable bonds is 5. The predicted octanol–water partition coefficient (Wildman–Crippen LogP) is 5.09. The third-order valence-corrected chi connectivity index (χ3v) is 6.69. The summed E-state index contributed by atoms with van der Waals surface area (Å²) < 4.78 is 13.5. The van der Waals surface area contributed by atoms with Gasteiger partial charge in [-0.3, -0.25) is 9.47 Å². The Labute approximate surface area is 186 Å². The second kappa shape index (κ2) is 8.42. The summed E-state index contributed by atoms with van der Waals surface area (Å²) in [5.41, 5.74) is 5.66.